The summed E-state index contributed by atoms with van der Waals surface area (Å²) < 4.78 is 24.0. The van der Waals surface area contributed by atoms with E-state index in [2.05, 4.69) is 5.32 Å². The number of sulfone groups is 1. The van der Waals surface area contributed by atoms with Gasteiger partial charge < -0.3 is 5.32 Å². The van der Waals surface area contributed by atoms with E-state index in [0.717, 1.165) is 11.3 Å². The van der Waals surface area contributed by atoms with Crippen LogP contribution in [0.4, 0.5) is 5.69 Å². The number of nitrogens with one attached hydrogen (secondary N) is 1. The fraction of sp³-hybridized carbons (Fsp3) is 0.0769. The maximum atomic E-state index is 11.9. The summed E-state index contributed by atoms with van der Waals surface area (Å²) in [5.74, 6) is -1.21. The summed E-state index contributed by atoms with van der Waals surface area (Å²) in [6.07, 6.45) is 0. The lowest BCUT2D eigenvalue weighted by molar-refractivity contribution is -0.113. The first-order valence-electron chi connectivity index (χ1n) is 5.57. The average Bonchev–Trinajstić information content (AvgIpc) is 2.93. The van der Waals surface area contributed by atoms with E-state index < -0.39 is 21.5 Å². The van der Waals surface area contributed by atoms with Crippen molar-refractivity contribution in [1.82, 2.24) is 0 Å². The molecule has 0 spiro atoms. The average molecular weight is 306 g/mol. The molecule has 0 aliphatic heterocycles. The van der Waals surface area contributed by atoms with Gasteiger partial charge in [0, 0.05) is 5.69 Å². The zero-order valence-electron chi connectivity index (χ0n) is 10.2. The van der Waals surface area contributed by atoms with Crippen LogP contribution >= 0.6 is 11.3 Å². The minimum Gasteiger partial charge on any atom is -0.325 e. The summed E-state index contributed by atoms with van der Waals surface area (Å²) in [5, 5.41) is 12.8. The van der Waals surface area contributed by atoms with Crippen molar-refractivity contribution in [1.29, 1.82) is 5.26 Å². The number of benzene rings is 1. The second-order valence-corrected chi connectivity index (χ2v) is 7.09. The van der Waals surface area contributed by atoms with E-state index in [0.29, 0.717) is 11.3 Å². The first-order valence-corrected chi connectivity index (χ1v) is 8.11. The van der Waals surface area contributed by atoms with Gasteiger partial charge in [0.2, 0.25) is 5.91 Å². The van der Waals surface area contributed by atoms with Crippen LogP contribution in [-0.2, 0) is 14.6 Å². The number of rotatable bonds is 4. The molecular weight excluding hydrogens is 296 g/mol. The third kappa shape index (κ3) is 3.44. The molecule has 2 rings (SSSR count). The fourth-order valence-electron chi connectivity index (χ4n) is 1.51. The highest BCUT2D eigenvalue weighted by Gasteiger charge is 2.20. The standard InChI is InChI=1S/C13H10N2O3S2/c14-8-10-3-5-11(6-4-10)15-12(16)9-20(17,18)13-2-1-7-19-13/h1-7H,9H2,(H,15,16). The van der Waals surface area contributed by atoms with Gasteiger partial charge in [-0.15, -0.1) is 11.3 Å². The van der Waals surface area contributed by atoms with E-state index in [4.69, 9.17) is 5.26 Å². The Morgan fingerprint density at radius 1 is 1.25 bits per heavy atom. The molecule has 0 aliphatic rings. The van der Waals surface area contributed by atoms with Crippen molar-refractivity contribution >= 4 is 32.8 Å². The Morgan fingerprint density at radius 2 is 1.95 bits per heavy atom. The van der Waals surface area contributed by atoms with Crippen molar-refractivity contribution in [2.75, 3.05) is 11.1 Å². The number of nitriles is 1. The summed E-state index contributed by atoms with van der Waals surface area (Å²) >= 11 is 1.08. The zero-order chi connectivity index (χ0) is 14.6. The zero-order valence-corrected chi connectivity index (χ0v) is 11.9. The van der Waals surface area contributed by atoms with E-state index in [1.165, 1.54) is 6.07 Å². The summed E-state index contributed by atoms with van der Waals surface area (Å²) in [5.41, 5.74) is 0.921. The molecule has 0 atom stereocenters. The highest BCUT2D eigenvalue weighted by molar-refractivity contribution is 7.94. The van der Waals surface area contributed by atoms with Gasteiger partial charge in [-0.3, -0.25) is 4.79 Å². The lowest BCUT2D eigenvalue weighted by atomic mass is 10.2. The highest BCUT2D eigenvalue weighted by Crippen LogP contribution is 2.18. The van der Waals surface area contributed by atoms with Crippen molar-refractivity contribution < 1.29 is 13.2 Å². The predicted molar refractivity (Wildman–Crippen MR) is 76.2 cm³/mol. The molecule has 0 unspecified atom stereocenters. The maximum absolute atomic E-state index is 11.9. The molecule has 1 amide bonds. The molecule has 1 N–H and O–H groups in total. The van der Waals surface area contributed by atoms with Crippen molar-refractivity contribution in [2.45, 2.75) is 4.21 Å². The highest BCUT2D eigenvalue weighted by atomic mass is 32.2. The maximum Gasteiger partial charge on any atom is 0.239 e. The molecule has 0 bridgehead atoms. The van der Waals surface area contributed by atoms with Gasteiger partial charge in [0.25, 0.3) is 0 Å². The molecule has 0 saturated heterocycles. The molecule has 0 aliphatic carbocycles. The summed E-state index contributed by atoms with van der Waals surface area (Å²) in [4.78, 5) is 11.7. The van der Waals surface area contributed by atoms with Crippen molar-refractivity contribution in [2.24, 2.45) is 0 Å². The minimum atomic E-state index is -3.59. The quantitative estimate of drug-likeness (QED) is 0.936. The second kappa shape index (κ2) is 5.86. The van der Waals surface area contributed by atoms with Crippen LogP contribution < -0.4 is 5.32 Å². The van der Waals surface area contributed by atoms with E-state index in [1.807, 2.05) is 6.07 Å². The van der Waals surface area contributed by atoms with E-state index in [-0.39, 0.29) is 4.21 Å². The third-order valence-corrected chi connectivity index (χ3v) is 5.52. The van der Waals surface area contributed by atoms with Crippen LogP contribution in [-0.4, -0.2) is 20.1 Å². The molecule has 0 fully saturated rings. The van der Waals surface area contributed by atoms with Gasteiger partial charge in [-0.1, -0.05) is 6.07 Å². The number of hydrogen-bond acceptors (Lipinski definition) is 5. The smallest absolute Gasteiger partial charge is 0.239 e. The number of hydrogen-bond donors (Lipinski definition) is 1. The van der Waals surface area contributed by atoms with Gasteiger partial charge in [-0.25, -0.2) is 8.42 Å². The molecule has 0 saturated carbocycles. The van der Waals surface area contributed by atoms with Crippen LogP contribution in [0.25, 0.3) is 0 Å². The Labute approximate surface area is 120 Å². The van der Waals surface area contributed by atoms with E-state index in [1.54, 1.807) is 35.7 Å². The third-order valence-electron chi connectivity index (χ3n) is 2.42. The Kier molecular flexibility index (Phi) is 4.17. The summed E-state index contributed by atoms with van der Waals surface area (Å²) in [7, 11) is -3.59. The predicted octanol–water partition coefficient (Wildman–Crippen LogP) is 2.03. The molecular formula is C13H10N2O3S2. The molecule has 7 heteroatoms. The monoisotopic (exact) mass is 306 g/mol. The molecule has 1 heterocycles. The number of carbonyl (C=O) groups excluding carboxylic acids is 1. The van der Waals surface area contributed by atoms with Gasteiger partial charge in [0.15, 0.2) is 9.84 Å². The summed E-state index contributed by atoms with van der Waals surface area (Å²) in [6.45, 7) is 0. The topological polar surface area (TPSA) is 87.0 Å². The largest absolute Gasteiger partial charge is 0.325 e. The van der Waals surface area contributed by atoms with Gasteiger partial charge >= 0.3 is 0 Å². The second-order valence-electron chi connectivity index (χ2n) is 3.93. The van der Waals surface area contributed by atoms with Crippen LogP contribution in [0.15, 0.2) is 46.0 Å². The number of thiophene rings is 1. The van der Waals surface area contributed by atoms with E-state index >= 15 is 0 Å². The molecule has 0 radical (unpaired) electrons. The fourth-order valence-corrected chi connectivity index (χ4v) is 3.73. The first-order chi connectivity index (χ1) is 9.51. The van der Waals surface area contributed by atoms with Crippen LogP contribution in [0.5, 0.6) is 0 Å². The van der Waals surface area contributed by atoms with Gasteiger partial charge in [0.1, 0.15) is 9.96 Å². The number of nitrogens with zero attached hydrogens (tertiary/aromatic N) is 1. The van der Waals surface area contributed by atoms with Crippen molar-refractivity contribution in [3.63, 3.8) is 0 Å². The van der Waals surface area contributed by atoms with Gasteiger partial charge in [-0.2, -0.15) is 5.26 Å². The lowest BCUT2D eigenvalue weighted by Gasteiger charge is -2.05. The molecule has 5 nitrogen and oxygen atoms in total. The van der Waals surface area contributed by atoms with Crippen molar-refractivity contribution in [3.05, 3.63) is 47.3 Å². The van der Waals surface area contributed by atoms with Crippen molar-refractivity contribution in [3.8, 4) is 6.07 Å². The Bertz CT molecular complexity index is 742. The molecule has 20 heavy (non-hydrogen) atoms. The molecule has 1 aromatic heterocycles. The first kappa shape index (κ1) is 14.2. The van der Waals surface area contributed by atoms with Crippen LogP contribution in [0.3, 0.4) is 0 Å². The Hall–Kier alpha value is -2.17. The van der Waals surface area contributed by atoms with Crippen LogP contribution in [0.2, 0.25) is 0 Å². The van der Waals surface area contributed by atoms with Gasteiger partial charge in [0.05, 0.1) is 11.6 Å². The van der Waals surface area contributed by atoms with Gasteiger partial charge in [-0.05, 0) is 35.7 Å². The Balaban J connectivity index is 2.04. The lowest BCUT2D eigenvalue weighted by Crippen LogP contribution is -2.22. The normalized spacial score (nSPS) is 10.8. The van der Waals surface area contributed by atoms with Crippen LogP contribution in [0, 0.1) is 11.3 Å². The molecule has 1 aromatic carbocycles. The molecule has 2 aromatic rings. The Morgan fingerprint density at radius 3 is 2.50 bits per heavy atom. The summed E-state index contributed by atoms with van der Waals surface area (Å²) in [6, 6.07) is 11.2. The number of amides is 1. The minimum absolute atomic E-state index is 0.174. The van der Waals surface area contributed by atoms with E-state index in [9.17, 15) is 13.2 Å². The number of carbonyl (C=O) groups is 1. The number of anilines is 1. The SMILES string of the molecule is N#Cc1ccc(NC(=O)CS(=O)(=O)c2cccs2)cc1. The van der Waals surface area contributed by atoms with Crippen LogP contribution in [0.1, 0.15) is 5.56 Å². The molecule has 102 valence electrons.